The van der Waals surface area contributed by atoms with Gasteiger partial charge in [0.1, 0.15) is 0 Å². The predicted octanol–water partition coefficient (Wildman–Crippen LogP) is 1.58. The summed E-state index contributed by atoms with van der Waals surface area (Å²) in [5.41, 5.74) is 0.604. The van der Waals surface area contributed by atoms with Gasteiger partial charge in [-0.3, -0.25) is 9.78 Å². The van der Waals surface area contributed by atoms with E-state index in [1.807, 2.05) is 19.1 Å². The molecular formula is C14H12N2O2. The van der Waals surface area contributed by atoms with Gasteiger partial charge in [0.2, 0.25) is 5.60 Å². The van der Waals surface area contributed by atoms with Crippen LogP contribution in [0.15, 0.2) is 42.5 Å². The number of rotatable bonds is 1. The van der Waals surface area contributed by atoms with Crippen molar-refractivity contribution >= 4 is 11.6 Å². The molecule has 0 unspecified atom stereocenters. The van der Waals surface area contributed by atoms with Crippen LogP contribution in [0.25, 0.3) is 0 Å². The van der Waals surface area contributed by atoms with Crippen LogP contribution in [-0.4, -0.2) is 16.0 Å². The first kappa shape index (κ1) is 10.9. The first-order valence-corrected chi connectivity index (χ1v) is 5.70. The van der Waals surface area contributed by atoms with E-state index >= 15 is 0 Å². The van der Waals surface area contributed by atoms with Gasteiger partial charge in [-0.1, -0.05) is 24.3 Å². The molecular weight excluding hydrogens is 228 g/mol. The van der Waals surface area contributed by atoms with Crippen LogP contribution in [0.5, 0.6) is 0 Å². The summed E-state index contributed by atoms with van der Waals surface area (Å²) in [4.78, 5) is 16.3. The van der Waals surface area contributed by atoms with Crippen molar-refractivity contribution < 1.29 is 9.90 Å². The maximum absolute atomic E-state index is 12.1. The highest BCUT2D eigenvalue weighted by molar-refractivity contribution is 6.06. The number of aryl methyl sites for hydroxylation is 1. The highest BCUT2D eigenvalue weighted by atomic mass is 16.3. The summed E-state index contributed by atoms with van der Waals surface area (Å²) in [6.07, 6.45) is 0. The molecule has 1 atom stereocenters. The number of aromatic nitrogens is 1. The zero-order chi connectivity index (χ0) is 12.8. The molecule has 0 saturated carbocycles. The number of pyridine rings is 1. The molecule has 4 heteroatoms. The molecule has 1 aliphatic heterocycles. The van der Waals surface area contributed by atoms with E-state index < -0.39 is 11.5 Å². The number of hydrogen-bond acceptors (Lipinski definition) is 3. The van der Waals surface area contributed by atoms with Gasteiger partial charge in [0.25, 0.3) is 5.91 Å². The number of carbonyl (C=O) groups excluding carboxylic acids is 1. The van der Waals surface area contributed by atoms with Crippen molar-refractivity contribution in [2.75, 3.05) is 5.32 Å². The van der Waals surface area contributed by atoms with E-state index in [-0.39, 0.29) is 0 Å². The van der Waals surface area contributed by atoms with Crippen LogP contribution in [0, 0.1) is 6.92 Å². The van der Waals surface area contributed by atoms with Gasteiger partial charge in [0.15, 0.2) is 0 Å². The fourth-order valence-corrected chi connectivity index (χ4v) is 2.24. The Bertz CT molecular complexity index is 639. The molecule has 1 aliphatic rings. The van der Waals surface area contributed by atoms with Crippen molar-refractivity contribution in [2.24, 2.45) is 0 Å². The third kappa shape index (κ3) is 1.36. The number of anilines is 1. The van der Waals surface area contributed by atoms with E-state index in [0.717, 1.165) is 5.69 Å². The normalized spacial score (nSPS) is 21.6. The van der Waals surface area contributed by atoms with Crippen molar-refractivity contribution in [3.8, 4) is 0 Å². The Balaban J connectivity index is 2.23. The predicted molar refractivity (Wildman–Crippen MR) is 67.0 cm³/mol. The molecule has 0 radical (unpaired) electrons. The number of carbonyl (C=O) groups is 1. The first-order chi connectivity index (χ1) is 8.62. The molecule has 2 N–H and O–H groups in total. The Kier molecular flexibility index (Phi) is 2.21. The van der Waals surface area contributed by atoms with Crippen LogP contribution < -0.4 is 5.32 Å². The Hall–Kier alpha value is -2.20. The van der Waals surface area contributed by atoms with Crippen molar-refractivity contribution in [3.05, 3.63) is 59.4 Å². The Morgan fingerprint density at radius 2 is 1.94 bits per heavy atom. The Morgan fingerprint density at radius 3 is 2.72 bits per heavy atom. The van der Waals surface area contributed by atoms with Crippen LogP contribution >= 0.6 is 0 Å². The van der Waals surface area contributed by atoms with Crippen molar-refractivity contribution in [1.82, 2.24) is 4.98 Å². The molecule has 0 aliphatic carbocycles. The second-order valence-electron chi connectivity index (χ2n) is 4.37. The summed E-state index contributed by atoms with van der Waals surface area (Å²) < 4.78 is 0. The fraction of sp³-hybridized carbons (Fsp3) is 0.143. The smallest absolute Gasteiger partial charge is 0.267 e. The number of nitrogens with one attached hydrogen (secondary N) is 1. The molecule has 4 nitrogen and oxygen atoms in total. The average molecular weight is 240 g/mol. The molecule has 1 aromatic heterocycles. The minimum Gasteiger partial charge on any atom is -0.370 e. The lowest BCUT2D eigenvalue weighted by Gasteiger charge is -2.20. The minimum absolute atomic E-state index is 0.352. The third-order valence-corrected chi connectivity index (χ3v) is 3.15. The summed E-state index contributed by atoms with van der Waals surface area (Å²) >= 11 is 0. The van der Waals surface area contributed by atoms with E-state index in [1.54, 1.807) is 30.3 Å². The van der Waals surface area contributed by atoms with Gasteiger partial charge in [-0.25, -0.2) is 0 Å². The number of aliphatic hydroxyl groups is 1. The molecule has 18 heavy (non-hydrogen) atoms. The van der Waals surface area contributed by atoms with E-state index in [9.17, 15) is 9.90 Å². The van der Waals surface area contributed by atoms with Crippen LogP contribution in [0.3, 0.4) is 0 Å². The molecule has 1 amide bonds. The number of para-hydroxylation sites is 1. The van der Waals surface area contributed by atoms with Gasteiger partial charge in [-0.15, -0.1) is 0 Å². The van der Waals surface area contributed by atoms with E-state index in [2.05, 4.69) is 10.3 Å². The lowest BCUT2D eigenvalue weighted by Crippen LogP contribution is -2.36. The summed E-state index contributed by atoms with van der Waals surface area (Å²) in [6.45, 7) is 1.83. The van der Waals surface area contributed by atoms with Gasteiger partial charge in [-0.2, -0.15) is 0 Å². The van der Waals surface area contributed by atoms with Crippen LogP contribution in [0.1, 0.15) is 17.0 Å². The Morgan fingerprint density at radius 1 is 1.17 bits per heavy atom. The number of amides is 1. The maximum atomic E-state index is 12.1. The average Bonchev–Trinajstić information content (AvgIpc) is 2.63. The number of hydrogen-bond donors (Lipinski definition) is 2. The molecule has 3 rings (SSSR count). The molecule has 1 aromatic carbocycles. The Labute approximate surface area is 104 Å². The van der Waals surface area contributed by atoms with Crippen molar-refractivity contribution in [3.63, 3.8) is 0 Å². The topological polar surface area (TPSA) is 62.2 Å². The zero-order valence-electron chi connectivity index (χ0n) is 9.84. The summed E-state index contributed by atoms with van der Waals surface area (Å²) in [5.74, 6) is -0.457. The summed E-state index contributed by atoms with van der Waals surface area (Å²) in [5, 5.41) is 13.4. The second-order valence-corrected chi connectivity index (χ2v) is 4.37. The largest absolute Gasteiger partial charge is 0.370 e. The van der Waals surface area contributed by atoms with Crippen LogP contribution in [0.4, 0.5) is 5.69 Å². The molecule has 0 saturated heterocycles. The van der Waals surface area contributed by atoms with E-state index in [0.29, 0.717) is 16.9 Å². The lowest BCUT2D eigenvalue weighted by atomic mass is 9.91. The lowest BCUT2D eigenvalue weighted by molar-refractivity contribution is -0.130. The van der Waals surface area contributed by atoms with Gasteiger partial charge in [0.05, 0.1) is 5.69 Å². The second kappa shape index (κ2) is 3.65. The third-order valence-electron chi connectivity index (χ3n) is 3.15. The van der Waals surface area contributed by atoms with E-state index in [1.165, 1.54) is 0 Å². The van der Waals surface area contributed by atoms with Crippen molar-refractivity contribution in [1.29, 1.82) is 0 Å². The van der Waals surface area contributed by atoms with Gasteiger partial charge in [0, 0.05) is 16.9 Å². The summed E-state index contributed by atoms with van der Waals surface area (Å²) in [7, 11) is 0. The van der Waals surface area contributed by atoms with Gasteiger partial charge >= 0.3 is 0 Å². The highest BCUT2D eigenvalue weighted by Gasteiger charge is 2.47. The standard InChI is InChI=1S/C14H12N2O2/c1-9-5-4-8-12(15-9)14(18)10-6-2-3-7-11(10)16-13(14)17/h2-8,18H,1H3,(H,16,17)/t14-/m0/s1. The SMILES string of the molecule is Cc1cccc([C@]2(O)C(=O)Nc3ccccc32)n1. The van der Waals surface area contributed by atoms with Crippen LogP contribution in [-0.2, 0) is 10.4 Å². The fourth-order valence-electron chi connectivity index (χ4n) is 2.24. The van der Waals surface area contributed by atoms with Crippen molar-refractivity contribution in [2.45, 2.75) is 12.5 Å². The molecule has 2 aromatic rings. The number of benzene rings is 1. The van der Waals surface area contributed by atoms with Gasteiger partial charge in [-0.05, 0) is 25.1 Å². The monoisotopic (exact) mass is 240 g/mol. The quantitative estimate of drug-likeness (QED) is 0.795. The van der Waals surface area contributed by atoms with E-state index in [4.69, 9.17) is 0 Å². The zero-order valence-corrected chi connectivity index (χ0v) is 9.84. The number of fused-ring (bicyclic) bond motifs is 1. The highest BCUT2D eigenvalue weighted by Crippen LogP contribution is 2.39. The molecule has 2 heterocycles. The molecule has 0 spiro atoms. The number of nitrogens with zero attached hydrogens (tertiary/aromatic N) is 1. The van der Waals surface area contributed by atoms with Crippen LogP contribution in [0.2, 0.25) is 0 Å². The minimum atomic E-state index is -1.69. The van der Waals surface area contributed by atoms with Gasteiger partial charge < -0.3 is 10.4 Å². The molecule has 90 valence electrons. The molecule has 0 fully saturated rings. The first-order valence-electron chi connectivity index (χ1n) is 5.70. The molecule has 0 bridgehead atoms. The maximum Gasteiger partial charge on any atom is 0.267 e. The summed E-state index contributed by atoms with van der Waals surface area (Å²) in [6, 6.07) is 12.4.